The van der Waals surface area contributed by atoms with E-state index in [1.807, 2.05) is 12.1 Å². The molecule has 3 rings (SSSR count). The molecular formula is C15H10ClF2IN2. The summed E-state index contributed by atoms with van der Waals surface area (Å²) in [5.74, 6) is -1.28. The van der Waals surface area contributed by atoms with Gasteiger partial charge in [-0.3, -0.25) is 4.99 Å². The summed E-state index contributed by atoms with van der Waals surface area (Å²) in [6.07, 6.45) is 0. The molecule has 0 radical (unpaired) electrons. The number of hydrogen-bond donors (Lipinski definition) is 1. The fourth-order valence-corrected chi connectivity index (χ4v) is 3.00. The minimum Gasteiger partial charge on any atom is -0.383 e. The van der Waals surface area contributed by atoms with Crippen LogP contribution in [-0.4, -0.2) is 18.8 Å². The number of nitrogens with one attached hydrogen (secondary N) is 1. The van der Waals surface area contributed by atoms with Gasteiger partial charge in [0.2, 0.25) is 0 Å². The average Bonchev–Trinajstić information content (AvgIpc) is 2.66. The molecule has 2 nitrogen and oxygen atoms in total. The molecule has 1 aliphatic heterocycles. The second-order valence-corrected chi connectivity index (χ2v) is 6.08. The van der Waals surface area contributed by atoms with E-state index in [-0.39, 0.29) is 11.3 Å². The summed E-state index contributed by atoms with van der Waals surface area (Å²) in [4.78, 5) is 4.34. The van der Waals surface area contributed by atoms with Crippen molar-refractivity contribution in [1.82, 2.24) is 0 Å². The molecule has 0 atom stereocenters. The van der Waals surface area contributed by atoms with Crippen LogP contribution in [0.2, 0.25) is 5.02 Å². The zero-order chi connectivity index (χ0) is 15.0. The van der Waals surface area contributed by atoms with Crippen LogP contribution >= 0.6 is 34.2 Å². The van der Waals surface area contributed by atoms with Crippen molar-refractivity contribution in [2.24, 2.45) is 4.99 Å². The standard InChI is InChI=1S/C15H10ClF2IN2/c16-14-10(19)4-5-11-13(14)15(21-7-6-20-11)12-8(17)2-1-3-9(12)18/h1-5,20H,6-7H2. The van der Waals surface area contributed by atoms with E-state index in [9.17, 15) is 8.78 Å². The molecule has 0 fully saturated rings. The predicted octanol–water partition coefficient (Wildman–Crippen LogP) is 4.49. The first kappa shape index (κ1) is 14.7. The summed E-state index contributed by atoms with van der Waals surface area (Å²) < 4.78 is 29.0. The Kier molecular flexibility index (Phi) is 4.12. The highest BCUT2D eigenvalue weighted by atomic mass is 127. The van der Waals surface area contributed by atoms with Gasteiger partial charge in [-0.2, -0.15) is 0 Å². The predicted molar refractivity (Wildman–Crippen MR) is 89.5 cm³/mol. The summed E-state index contributed by atoms with van der Waals surface area (Å²) in [7, 11) is 0. The second-order valence-electron chi connectivity index (χ2n) is 4.54. The number of anilines is 1. The van der Waals surface area contributed by atoms with Crippen LogP contribution in [0.25, 0.3) is 0 Å². The first-order valence-electron chi connectivity index (χ1n) is 6.30. The summed E-state index contributed by atoms with van der Waals surface area (Å²) in [5, 5.41) is 3.63. The highest BCUT2D eigenvalue weighted by molar-refractivity contribution is 14.1. The SMILES string of the molecule is Fc1cccc(F)c1C1=NCCNc2ccc(I)c(Cl)c21. The number of aliphatic imine (C=N–C) groups is 1. The van der Waals surface area contributed by atoms with E-state index in [1.54, 1.807) is 0 Å². The van der Waals surface area contributed by atoms with Crippen molar-refractivity contribution in [2.45, 2.75) is 0 Å². The maximum absolute atomic E-state index is 14.1. The smallest absolute Gasteiger partial charge is 0.135 e. The molecule has 1 heterocycles. The van der Waals surface area contributed by atoms with Crippen molar-refractivity contribution in [3.8, 4) is 0 Å². The highest BCUT2D eigenvalue weighted by Crippen LogP contribution is 2.33. The zero-order valence-electron chi connectivity index (χ0n) is 10.8. The molecule has 0 amide bonds. The van der Waals surface area contributed by atoms with Crippen molar-refractivity contribution < 1.29 is 8.78 Å². The molecule has 0 spiro atoms. The number of benzodiazepines with no additional fused rings is 1. The van der Waals surface area contributed by atoms with Crippen LogP contribution in [-0.2, 0) is 0 Å². The molecule has 6 heteroatoms. The minimum absolute atomic E-state index is 0.133. The van der Waals surface area contributed by atoms with E-state index >= 15 is 0 Å². The van der Waals surface area contributed by atoms with Crippen LogP contribution < -0.4 is 5.32 Å². The van der Waals surface area contributed by atoms with Gasteiger partial charge in [0.1, 0.15) is 11.6 Å². The second kappa shape index (κ2) is 5.88. The van der Waals surface area contributed by atoms with Crippen LogP contribution in [0.4, 0.5) is 14.5 Å². The Hall–Kier alpha value is -1.21. The number of nitrogens with zero attached hydrogens (tertiary/aromatic N) is 1. The average molecular weight is 419 g/mol. The van der Waals surface area contributed by atoms with E-state index in [4.69, 9.17) is 11.6 Å². The quantitative estimate of drug-likeness (QED) is 0.678. The van der Waals surface area contributed by atoms with E-state index in [0.717, 1.165) is 9.26 Å². The first-order chi connectivity index (χ1) is 10.1. The van der Waals surface area contributed by atoms with Gasteiger partial charge in [0, 0.05) is 21.4 Å². The molecule has 108 valence electrons. The van der Waals surface area contributed by atoms with Crippen molar-refractivity contribution >= 4 is 45.6 Å². The lowest BCUT2D eigenvalue weighted by molar-refractivity contribution is 0.579. The number of halogens is 4. The Labute approximate surface area is 139 Å². The number of rotatable bonds is 1. The fourth-order valence-electron chi connectivity index (χ4n) is 2.29. The topological polar surface area (TPSA) is 24.4 Å². The van der Waals surface area contributed by atoms with E-state index in [0.29, 0.717) is 23.7 Å². The van der Waals surface area contributed by atoms with Gasteiger partial charge in [-0.25, -0.2) is 8.78 Å². The lowest BCUT2D eigenvalue weighted by Crippen LogP contribution is -2.11. The maximum Gasteiger partial charge on any atom is 0.135 e. The molecule has 2 aromatic carbocycles. The van der Waals surface area contributed by atoms with Crippen LogP contribution in [0.3, 0.4) is 0 Å². The van der Waals surface area contributed by atoms with E-state index < -0.39 is 11.6 Å². The molecule has 2 aromatic rings. The molecular weight excluding hydrogens is 409 g/mol. The Balaban J connectivity index is 2.31. The Morgan fingerprint density at radius 1 is 1.10 bits per heavy atom. The van der Waals surface area contributed by atoms with Gasteiger partial charge in [0.15, 0.2) is 0 Å². The first-order valence-corrected chi connectivity index (χ1v) is 7.76. The van der Waals surface area contributed by atoms with Gasteiger partial charge in [-0.15, -0.1) is 0 Å². The third-order valence-electron chi connectivity index (χ3n) is 3.23. The number of benzene rings is 2. The molecule has 1 N–H and O–H groups in total. The summed E-state index contributed by atoms with van der Waals surface area (Å²) in [6, 6.07) is 7.49. The Morgan fingerprint density at radius 3 is 2.52 bits per heavy atom. The lowest BCUT2D eigenvalue weighted by Gasteiger charge is -2.14. The fraction of sp³-hybridized carbons (Fsp3) is 0.133. The largest absolute Gasteiger partial charge is 0.383 e. The molecule has 0 aliphatic carbocycles. The van der Waals surface area contributed by atoms with Crippen molar-refractivity contribution in [1.29, 1.82) is 0 Å². The van der Waals surface area contributed by atoms with Gasteiger partial charge < -0.3 is 5.32 Å². The molecule has 0 saturated carbocycles. The van der Waals surface area contributed by atoms with Gasteiger partial charge in [-0.05, 0) is 46.9 Å². The van der Waals surface area contributed by atoms with Crippen LogP contribution in [0, 0.1) is 15.2 Å². The zero-order valence-corrected chi connectivity index (χ0v) is 13.7. The van der Waals surface area contributed by atoms with Crippen LogP contribution in [0.15, 0.2) is 35.3 Å². The van der Waals surface area contributed by atoms with Crippen LogP contribution in [0.5, 0.6) is 0 Å². The normalized spacial score (nSPS) is 14.0. The summed E-state index contributed by atoms with van der Waals surface area (Å²) in [5.41, 5.74) is 1.41. The molecule has 1 aliphatic rings. The molecule has 0 unspecified atom stereocenters. The molecule has 0 aromatic heterocycles. The summed E-state index contributed by atoms with van der Waals surface area (Å²) in [6.45, 7) is 1.01. The van der Waals surface area contributed by atoms with Gasteiger partial charge in [0.25, 0.3) is 0 Å². The maximum atomic E-state index is 14.1. The van der Waals surface area contributed by atoms with Crippen molar-refractivity contribution in [2.75, 3.05) is 18.4 Å². The van der Waals surface area contributed by atoms with E-state index in [1.165, 1.54) is 18.2 Å². The van der Waals surface area contributed by atoms with E-state index in [2.05, 4.69) is 32.9 Å². The van der Waals surface area contributed by atoms with Crippen LogP contribution in [0.1, 0.15) is 11.1 Å². The number of fused-ring (bicyclic) bond motifs is 1. The number of hydrogen-bond acceptors (Lipinski definition) is 2. The molecule has 0 saturated heterocycles. The van der Waals surface area contributed by atoms with Crippen molar-refractivity contribution in [3.63, 3.8) is 0 Å². The lowest BCUT2D eigenvalue weighted by atomic mass is 9.99. The molecule has 0 bridgehead atoms. The third kappa shape index (κ3) is 2.64. The van der Waals surface area contributed by atoms with Gasteiger partial charge in [-0.1, -0.05) is 17.7 Å². The van der Waals surface area contributed by atoms with Gasteiger partial charge in [0.05, 0.1) is 22.8 Å². The minimum atomic E-state index is -0.642. The highest BCUT2D eigenvalue weighted by Gasteiger charge is 2.24. The third-order valence-corrected chi connectivity index (χ3v) is 4.84. The van der Waals surface area contributed by atoms with Crippen molar-refractivity contribution in [3.05, 3.63) is 61.7 Å². The summed E-state index contributed by atoms with van der Waals surface area (Å²) >= 11 is 8.45. The molecule has 21 heavy (non-hydrogen) atoms. The van der Waals surface area contributed by atoms with Gasteiger partial charge >= 0.3 is 0 Å². The monoisotopic (exact) mass is 418 g/mol. The Morgan fingerprint density at radius 2 is 1.81 bits per heavy atom. The Bertz CT molecular complexity index is 726.